The average molecular weight is 213 g/mol. The van der Waals surface area contributed by atoms with Gasteiger partial charge in [-0.25, -0.2) is 4.79 Å². The maximum atomic E-state index is 10.4. The number of hydrogen-bond acceptors (Lipinski definition) is 5. The number of rotatable bonds is 3. The maximum absolute atomic E-state index is 10.4. The molecule has 1 rings (SSSR count). The van der Waals surface area contributed by atoms with Gasteiger partial charge in [-0.15, -0.1) is 0 Å². The molecule has 7 heteroatoms. The molecule has 0 amide bonds. The van der Waals surface area contributed by atoms with Crippen LogP contribution in [0.3, 0.4) is 0 Å². The summed E-state index contributed by atoms with van der Waals surface area (Å²) in [6.45, 7) is 0. The van der Waals surface area contributed by atoms with Gasteiger partial charge in [-0.2, -0.15) is 0 Å². The molecule has 0 heterocycles. The van der Waals surface area contributed by atoms with Gasteiger partial charge in [-0.3, -0.25) is 10.1 Å². The lowest BCUT2D eigenvalue weighted by Crippen LogP contribution is -2.10. The van der Waals surface area contributed by atoms with E-state index in [1.807, 2.05) is 0 Å². The molecule has 7 nitrogen and oxygen atoms in total. The summed E-state index contributed by atoms with van der Waals surface area (Å²) in [6.07, 6.45) is -1.81. The Balaban J connectivity index is 3.12. The third-order valence-electron chi connectivity index (χ3n) is 1.75. The zero-order chi connectivity index (χ0) is 11.6. The average Bonchev–Trinajstić information content (AvgIpc) is 2.15. The summed E-state index contributed by atoms with van der Waals surface area (Å²) in [6, 6.07) is 2.84. The number of hydrogen-bond donors (Lipinski definition) is 3. The quantitative estimate of drug-likeness (QED) is 0.494. The first-order chi connectivity index (χ1) is 6.93. The van der Waals surface area contributed by atoms with Crippen molar-refractivity contribution in [2.75, 3.05) is 0 Å². The molecule has 0 saturated heterocycles. The van der Waals surface area contributed by atoms with Crippen LogP contribution in [0.15, 0.2) is 18.2 Å². The summed E-state index contributed by atoms with van der Waals surface area (Å²) in [5, 5.41) is 37.0. The number of aliphatic hydroxyl groups excluding tert-OH is 1. The van der Waals surface area contributed by atoms with E-state index >= 15 is 0 Å². The van der Waals surface area contributed by atoms with E-state index in [9.17, 15) is 14.9 Å². The number of nitro groups is 1. The summed E-state index contributed by atoms with van der Waals surface area (Å²) in [7, 11) is 0. The van der Waals surface area contributed by atoms with E-state index in [1.165, 1.54) is 0 Å². The first-order valence-corrected chi connectivity index (χ1v) is 3.81. The molecule has 0 radical (unpaired) electrons. The van der Waals surface area contributed by atoms with Gasteiger partial charge in [0.2, 0.25) is 0 Å². The highest BCUT2D eigenvalue weighted by Crippen LogP contribution is 2.28. The predicted molar refractivity (Wildman–Crippen MR) is 47.4 cm³/mol. The summed E-state index contributed by atoms with van der Waals surface area (Å²) < 4.78 is 0. The minimum Gasteiger partial charge on any atom is -0.502 e. The van der Waals surface area contributed by atoms with Crippen LogP contribution in [-0.4, -0.2) is 26.2 Å². The van der Waals surface area contributed by atoms with Gasteiger partial charge in [0.15, 0.2) is 11.9 Å². The van der Waals surface area contributed by atoms with Crippen molar-refractivity contribution in [1.82, 2.24) is 0 Å². The Hall–Kier alpha value is -2.15. The van der Waals surface area contributed by atoms with E-state index in [-0.39, 0.29) is 5.56 Å². The van der Waals surface area contributed by atoms with Crippen LogP contribution in [0.5, 0.6) is 5.75 Å². The lowest BCUT2D eigenvalue weighted by Gasteiger charge is -2.05. The summed E-state index contributed by atoms with van der Waals surface area (Å²) in [5.74, 6) is -2.18. The minimum absolute atomic E-state index is 0.120. The van der Waals surface area contributed by atoms with Crippen LogP contribution in [0.2, 0.25) is 0 Å². The highest BCUT2D eigenvalue weighted by atomic mass is 16.6. The standard InChI is InChI=1S/C8H7NO6/c10-6-3-4(7(11)8(12)13)1-2-5(6)9(14)15/h1-3,7,10-11H,(H,12,13). The molecule has 0 aliphatic carbocycles. The lowest BCUT2D eigenvalue weighted by atomic mass is 10.1. The van der Waals surface area contributed by atoms with E-state index in [4.69, 9.17) is 15.3 Å². The number of nitrogens with zero attached hydrogens (tertiary/aromatic N) is 1. The van der Waals surface area contributed by atoms with Crippen LogP contribution in [0.1, 0.15) is 11.7 Å². The Kier molecular flexibility index (Phi) is 2.86. The van der Waals surface area contributed by atoms with Gasteiger partial charge in [0, 0.05) is 6.07 Å². The number of carboxylic acids is 1. The van der Waals surface area contributed by atoms with Crippen molar-refractivity contribution in [3.05, 3.63) is 33.9 Å². The number of carbonyl (C=O) groups is 1. The van der Waals surface area contributed by atoms with E-state index in [0.717, 1.165) is 18.2 Å². The first-order valence-electron chi connectivity index (χ1n) is 3.81. The van der Waals surface area contributed by atoms with Crippen LogP contribution in [-0.2, 0) is 4.79 Å². The SMILES string of the molecule is O=C(O)C(O)c1ccc([N+](=O)[O-])c(O)c1. The van der Waals surface area contributed by atoms with E-state index in [1.54, 1.807) is 0 Å². The highest BCUT2D eigenvalue weighted by molar-refractivity contribution is 5.74. The fourth-order valence-electron chi connectivity index (χ4n) is 1.01. The molecule has 15 heavy (non-hydrogen) atoms. The van der Waals surface area contributed by atoms with Crippen molar-refractivity contribution in [1.29, 1.82) is 0 Å². The number of benzene rings is 1. The number of nitro benzene ring substituents is 1. The largest absolute Gasteiger partial charge is 0.502 e. The van der Waals surface area contributed by atoms with Crippen LogP contribution >= 0.6 is 0 Å². The molecule has 80 valence electrons. The fraction of sp³-hybridized carbons (Fsp3) is 0.125. The van der Waals surface area contributed by atoms with Gasteiger partial charge >= 0.3 is 11.7 Å². The summed E-state index contributed by atoms with van der Waals surface area (Å²) >= 11 is 0. The molecule has 0 aliphatic heterocycles. The second-order valence-corrected chi connectivity index (χ2v) is 2.75. The van der Waals surface area contributed by atoms with Crippen LogP contribution in [0.25, 0.3) is 0 Å². The van der Waals surface area contributed by atoms with E-state index in [2.05, 4.69) is 0 Å². The molecule has 0 saturated carbocycles. The van der Waals surface area contributed by atoms with Crippen molar-refractivity contribution in [3.8, 4) is 5.75 Å². The Labute approximate surface area is 83.4 Å². The van der Waals surface area contributed by atoms with Crippen LogP contribution in [0.4, 0.5) is 5.69 Å². The number of phenolic OH excluding ortho intramolecular Hbond substituents is 1. The Bertz CT molecular complexity index is 416. The molecular formula is C8H7NO6. The van der Waals surface area contributed by atoms with Crippen LogP contribution in [0, 0.1) is 10.1 Å². The number of phenols is 1. The highest BCUT2D eigenvalue weighted by Gasteiger charge is 2.20. The zero-order valence-electron chi connectivity index (χ0n) is 7.32. The van der Waals surface area contributed by atoms with Gasteiger partial charge in [0.25, 0.3) is 0 Å². The molecule has 1 aromatic rings. The Morgan fingerprint density at radius 3 is 2.47 bits per heavy atom. The van der Waals surface area contributed by atoms with E-state index in [0.29, 0.717) is 0 Å². The summed E-state index contributed by atoms with van der Waals surface area (Å²) in [5.41, 5.74) is -0.665. The van der Waals surface area contributed by atoms with Gasteiger partial charge in [-0.05, 0) is 17.7 Å². The second kappa shape index (κ2) is 3.93. The second-order valence-electron chi connectivity index (χ2n) is 2.75. The number of aromatic hydroxyl groups is 1. The fourth-order valence-corrected chi connectivity index (χ4v) is 1.01. The number of aliphatic carboxylic acids is 1. The monoisotopic (exact) mass is 213 g/mol. The molecule has 1 unspecified atom stereocenters. The lowest BCUT2D eigenvalue weighted by molar-refractivity contribution is -0.385. The van der Waals surface area contributed by atoms with Crippen molar-refractivity contribution < 1.29 is 25.0 Å². The predicted octanol–water partition coefficient (Wildman–Crippen LogP) is 0.418. The van der Waals surface area contributed by atoms with Crippen molar-refractivity contribution >= 4 is 11.7 Å². The van der Waals surface area contributed by atoms with E-state index < -0.39 is 28.4 Å². The molecule has 1 aromatic carbocycles. The van der Waals surface area contributed by atoms with Crippen molar-refractivity contribution in [2.45, 2.75) is 6.10 Å². The van der Waals surface area contributed by atoms with Gasteiger partial charge in [-0.1, -0.05) is 0 Å². The molecule has 0 spiro atoms. The number of carboxylic acid groups (broad SMARTS) is 1. The van der Waals surface area contributed by atoms with Gasteiger partial charge in [0.1, 0.15) is 0 Å². The smallest absolute Gasteiger partial charge is 0.337 e. The topological polar surface area (TPSA) is 121 Å². The molecule has 0 fully saturated rings. The molecule has 3 N–H and O–H groups in total. The number of aliphatic hydroxyl groups is 1. The van der Waals surface area contributed by atoms with Crippen LogP contribution < -0.4 is 0 Å². The van der Waals surface area contributed by atoms with Crippen molar-refractivity contribution in [2.24, 2.45) is 0 Å². The molecule has 0 aliphatic rings. The Morgan fingerprint density at radius 1 is 1.47 bits per heavy atom. The molecule has 1 atom stereocenters. The third-order valence-corrected chi connectivity index (χ3v) is 1.75. The summed E-state index contributed by atoms with van der Waals surface area (Å²) in [4.78, 5) is 19.9. The van der Waals surface area contributed by atoms with Gasteiger partial charge in [0.05, 0.1) is 4.92 Å². The molecular weight excluding hydrogens is 206 g/mol. The zero-order valence-corrected chi connectivity index (χ0v) is 7.32. The molecule has 0 aromatic heterocycles. The Morgan fingerprint density at radius 2 is 2.07 bits per heavy atom. The van der Waals surface area contributed by atoms with Crippen molar-refractivity contribution in [3.63, 3.8) is 0 Å². The first kappa shape index (κ1) is 10.9. The maximum Gasteiger partial charge on any atom is 0.337 e. The third kappa shape index (κ3) is 2.20. The minimum atomic E-state index is -1.81. The normalized spacial score (nSPS) is 12.1. The van der Waals surface area contributed by atoms with Gasteiger partial charge < -0.3 is 15.3 Å². The molecule has 0 bridgehead atoms.